The molecule has 0 N–H and O–H groups in total. The van der Waals surface area contributed by atoms with Crippen LogP contribution in [0.15, 0.2) is 0 Å². The molecular weight excluding hydrogens is 319 g/mol. The van der Waals surface area contributed by atoms with Gasteiger partial charge in [-0.05, 0) is 24.6 Å². The van der Waals surface area contributed by atoms with Gasteiger partial charge in [0, 0.05) is 30.7 Å². The van der Waals surface area contributed by atoms with Gasteiger partial charge in [0.15, 0.2) is 0 Å². The summed E-state index contributed by atoms with van der Waals surface area (Å²) in [5.41, 5.74) is -4.10. The molecule has 0 atom stereocenters. The van der Waals surface area contributed by atoms with Gasteiger partial charge in [-0.3, -0.25) is 0 Å². The van der Waals surface area contributed by atoms with Gasteiger partial charge in [-0.15, -0.1) is 0 Å². The fraction of sp³-hybridized carbons (Fsp3) is 1.00. The number of hydrogen-bond acceptors (Lipinski definition) is 3. The Balaban J connectivity index is 2.07. The van der Waals surface area contributed by atoms with Crippen molar-refractivity contribution >= 4 is 27.7 Å². The van der Waals surface area contributed by atoms with Crippen LogP contribution in [0.25, 0.3) is 0 Å². The summed E-state index contributed by atoms with van der Waals surface area (Å²) in [5, 5.41) is 0.829. The molecule has 0 amide bonds. The normalized spacial score (nSPS) is 19.8. The highest BCUT2D eigenvalue weighted by Crippen LogP contribution is 2.30. The van der Waals surface area contributed by atoms with Gasteiger partial charge in [0.1, 0.15) is 0 Å². The lowest BCUT2D eigenvalue weighted by molar-refractivity contribution is -0.0330. The van der Waals surface area contributed by atoms with E-state index < -0.39 is 5.51 Å². The first-order valence-corrected chi connectivity index (χ1v) is 7.72. The van der Waals surface area contributed by atoms with E-state index in [0.29, 0.717) is 13.2 Å². The lowest BCUT2D eigenvalue weighted by Crippen LogP contribution is -2.38. The Labute approximate surface area is 112 Å². The summed E-state index contributed by atoms with van der Waals surface area (Å²) in [7, 11) is 0. The topological polar surface area (TPSA) is 12.5 Å². The predicted molar refractivity (Wildman–Crippen MR) is 67.7 cm³/mol. The van der Waals surface area contributed by atoms with Crippen molar-refractivity contribution in [1.82, 2.24) is 4.90 Å². The van der Waals surface area contributed by atoms with Gasteiger partial charge < -0.3 is 9.64 Å². The third kappa shape index (κ3) is 7.54. The average molecular weight is 336 g/mol. The Kier molecular flexibility index (Phi) is 7.21. The Morgan fingerprint density at radius 1 is 1.29 bits per heavy atom. The maximum Gasteiger partial charge on any atom is 0.441 e. The van der Waals surface area contributed by atoms with Crippen LogP contribution in [0.5, 0.6) is 0 Å². The predicted octanol–water partition coefficient (Wildman–Crippen LogP) is 3.12. The van der Waals surface area contributed by atoms with E-state index in [4.69, 9.17) is 4.74 Å². The molecule has 0 unspecified atom stereocenters. The summed E-state index contributed by atoms with van der Waals surface area (Å²) in [5.74, 6) is 0.121. The standard InChI is InChI=1S/C10H17BrF3NOS/c11-3-7-16-9-1-4-15(5-2-9)6-8-17-10(12,13)14/h9H,1-8H2. The molecule has 1 saturated heterocycles. The minimum absolute atomic E-state index is 0.0628. The Hall–Kier alpha value is 0.540. The van der Waals surface area contributed by atoms with E-state index in [0.717, 1.165) is 31.3 Å². The van der Waals surface area contributed by atoms with Crippen molar-refractivity contribution in [3.63, 3.8) is 0 Å². The Bertz CT molecular complexity index is 210. The molecule has 1 aliphatic rings. The highest BCUT2D eigenvalue weighted by atomic mass is 79.9. The molecule has 0 aromatic carbocycles. The van der Waals surface area contributed by atoms with Crippen molar-refractivity contribution in [2.45, 2.75) is 24.5 Å². The molecular formula is C10H17BrF3NOS. The number of alkyl halides is 4. The molecule has 102 valence electrons. The number of likely N-dealkylation sites (tertiary alicyclic amines) is 1. The van der Waals surface area contributed by atoms with E-state index in [1.54, 1.807) is 0 Å². The zero-order valence-electron chi connectivity index (χ0n) is 9.51. The van der Waals surface area contributed by atoms with Crippen LogP contribution in [-0.4, -0.2) is 53.8 Å². The average Bonchev–Trinajstić information content (AvgIpc) is 2.26. The van der Waals surface area contributed by atoms with Gasteiger partial charge >= 0.3 is 5.51 Å². The van der Waals surface area contributed by atoms with Crippen LogP contribution < -0.4 is 0 Å². The molecule has 0 aliphatic carbocycles. The van der Waals surface area contributed by atoms with Crippen LogP contribution in [-0.2, 0) is 4.74 Å². The van der Waals surface area contributed by atoms with E-state index in [-0.39, 0.29) is 23.6 Å². The van der Waals surface area contributed by atoms with Crippen molar-refractivity contribution in [3.8, 4) is 0 Å². The fourth-order valence-electron chi connectivity index (χ4n) is 1.80. The van der Waals surface area contributed by atoms with Crippen molar-refractivity contribution < 1.29 is 17.9 Å². The number of halogens is 4. The molecule has 1 heterocycles. The number of ether oxygens (including phenoxy) is 1. The van der Waals surface area contributed by atoms with E-state index in [2.05, 4.69) is 20.8 Å². The third-order valence-corrected chi connectivity index (χ3v) is 3.68. The lowest BCUT2D eigenvalue weighted by atomic mass is 10.1. The summed E-state index contributed by atoms with van der Waals surface area (Å²) in [6.45, 7) is 2.89. The molecule has 0 spiro atoms. The lowest BCUT2D eigenvalue weighted by Gasteiger charge is -2.31. The quantitative estimate of drug-likeness (QED) is 0.692. The van der Waals surface area contributed by atoms with Crippen molar-refractivity contribution in [2.24, 2.45) is 0 Å². The molecule has 0 aromatic rings. The zero-order chi connectivity index (χ0) is 12.7. The number of nitrogens with zero attached hydrogens (tertiary/aromatic N) is 1. The molecule has 7 heteroatoms. The van der Waals surface area contributed by atoms with E-state index in [1.165, 1.54) is 0 Å². The third-order valence-electron chi connectivity index (χ3n) is 2.64. The number of hydrogen-bond donors (Lipinski definition) is 0. The van der Waals surface area contributed by atoms with Crippen LogP contribution in [0.4, 0.5) is 13.2 Å². The number of thioether (sulfide) groups is 1. The number of piperidine rings is 1. The minimum atomic E-state index is -4.10. The smallest absolute Gasteiger partial charge is 0.377 e. The molecule has 1 fully saturated rings. The van der Waals surface area contributed by atoms with E-state index >= 15 is 0 Å². The van der Waals surface area contributed by atoms with Gasteiger partial charge in [0.25, 0.3) is 0 Å². The Morgan fingerprint density at radius 2 is 1.94 bits per heavy atom. The van der Waals surface area contributed by atoms with Gasteiger partial charge in [0.2, 0.25) is 0 Å². The molecule has 0 radical (unpaired) electrons. The summed E-state index contributed by atoms with van der Waals surface area (Å²) in [6, 6.07) is 0. The first-order chi connectivity index (χ1) is 8.01. The largest absolute Gasteiger partial charge is 0.441 e. The summed E-state index contributed by atoms with van der Waals surface area (Å²) in [6.07, 6.45) is 2.12. The van der Waals surface area contributed by atoms with Crippen LogP contribution >= 0.6 is 27.7 Å². The van der Waals surface area contributed by atoms with Crippen LogP contribution in [0.2, 0.25) is 0 Å². The molecule has 1 rings (SSSR count). The fourth-order valence-corrected chi connectivity index (χ4v) is 2.57. The summed E-state index contributed by atoms with van der Waals surface area (Å²) in [4.78, 5) is 2.08. The van der Waals surface area contributed by atoms with Gasteiger partial charge in [-0.25, -0.2) is 0 Å². The second-order valence-corrected chi connectivity index (χ2v) is 5.85. The van der Waals surface area contributed by atoms with Gasteiger partial charge in [-0.2, -0.15) is 13.2 Å². The van der Waals surface area contributed by atoms with Crippen molar-refractivity contribution in [3.05, 3.63) is 0 Å². The molecule has 0 saturated carbocycles. The van der Waals surface area contributed by atoms with Gasteiger partial charge in [-0.1, -0.05) is 15.9 Å². The van der Waals surface area contributed by atoms with Crippen molar-refractivity contribution in [2.75, 3.05) is 37.3 Å². The van der Waals surface area contributed by atoms with E-state index in [1.807, 2.05) is 0 Å². The Morgan fingerprint density at radius 3 is 2.47 bits per heavy atom. The molecule has 2 nitrogen and oxygen atoms in total. The van der Waals surface area contributed by atoms with Crippen molar-refractivity contribution in [1.29, 1.82) is 0 Å². The van der Waals surface area contributed by atoms with Crippen LogP contribution in [0.3, 0.4) is 0 Å². The molecule has 0 bridgehead atoms. The SMILES string of the molecule is FC(F)(F)SCCN1CCC(OCCBr)CC1. The van der Waals surface area contributed by atoms with E-state index in [9.17, 15) is 13.2 Å². The highest BCUT2D eigenvalue weighted by Gasteiger charge is 2.28. The van der Waals surface area contributed by atoms with Crippen LogP contribution in [0.1, 0.15) is 12.8 Å². The zero-order valence-corrected chi connectivity index (χ0v) is 11.9. The molecule has 17 heavy (non-hydrogen) atoms. The van der Waals surface area contributed by atoms with Crippen LogP contribution in [0, 0.1) is 0 Å². The summed E-state index contributed by atoms with van der Waals surface area (Å²) < 4.78 is 41.4. The molecule has 0 aromatic heterocycles. The molecule has 1 aliphatic heterocycles. The maximum absolute atomic E-state index is 11.9. The minimum Gasteiger partial charge on any atom is -0.377 e. The number of rotatable bonds is 6. The van der Waals surface area contributed by atoms with Gasteiger partial charge in [0.05, 0.1) is 12.7 Å². The maximum atomic E-state index is 11.9. The second-order valence-electron chi connectivity index (χ2n) is 3.89. The summed E-state index contributed by atoms with van der Waals surface area (Å²) >= 11 is 3.36. The first kappa shape index (κ1) is 15.6. The first-order valence-electron chi connectivity index (χ1n) is 5.62. The highest BCUT2D eigenvalue weighted by molar-refractivity contribution is 9.09. The monoisotopic (exact) mass is 335 g/mol. The second kappa shape index (κ2) is 7.86.